The molecule has 13 rings (SSSR count). The zero-order valence-corrected chi connectivity index (χ0v) is 38.8. The summed E-state index contributed by atoms with van der Waals surface area (Å²) in [4.78, 5) is 34.5. The number of aromatic amines is 1. The van der Waals surface area contributed by atoms with Crippen LogP contribution >= 0.6 is 0 Å². The van der Waals surface area contributed by atoms with Crippen molar-refractivity contribution < 1.29 is 58.8 Å². The zero-order valence-electron chi connectivity index (χ0n) is 38.8. The number of ketones is 1. The lowest BCUT2D eigenvalue weighted by molar-refractivity contribution is -0.328. The second-order valence-corrected chi connectivity index (χ2v) is 20.4. The lowest BCUT2D eigenvalue weighted by Crippen LogP contribution is -2.70. The van der Waals surface area contributed by atoms with Crippen molar-refractivity contribution in [1.29, 1.82) is 0 Å². The molecule has 4 aromatic carbocycles. The van der Waals surface area contributed by atoms with Gasteiger partial charge in [0.05, 0.1) is 43.4 Å². The molecule has 4 aliphatic carbocycles. The van der Waals surface area contributed by atoms with Crippen molar-refractivity contribution in [2.75, 3.05) is 33.5 Å². The maximum atomic E-state index is 15.4. The first-order chi connectivity index (χ1) is 34.1. The fourth-order valence-electron chi connectivity index (χ4n) is 13.5. The minimum absolute atomic E-state index is 0.00694. The highest BCUT2D eigenvalue weighted by Crippen LogP contribution is 2.60. The van der Waals surface area contributed by atoms with Gasteiger partial charge in [0.25, 0.3) is 5.91 Å². The largest absolute Gasteiger partial charge is 0.506 e. The predicted octanol–water partition coefficient (Wildman–Crippen LogP) is 6.39. The molecule has 1 saturated heterocycles. The summed E-state index contributed by atoms with van der Waals surface area (Å²) in [5.74, 6) is 2.74. The normalized spacial score (nSPS) is 29.3. The first kappa shape index (κ1) is 43.8. The van der Waals surface area contributed by atoms with E-state index in [4.69, 9.17) is 23.7 Å². The Balaban J connectivity index is 1.08. The maximum Gasteiger partial charge on any atom is 0.254 e. The number of aryl methyl sites for hydroxylation is 2. The van der Waals surface area contributed by atoms with E-state index in [1.165, 1.54) is 16.0 Å². The third-order valence-corrected chi connectivity index (χ3v) is 16.8. The highest BCUT2D eigenvalue weighted by molar-refractivity contribution is 6.17. The molecule has 0 radical (unpaired) electrons. The number of aliphatic hydroxyl groups excluding tert-OH is 3. The van der Waals surface area contributed by atoms with Crippen LogP contribution < -0.4 is 9.47 Å². The number of phenols is 1. The van der Waals surface area contributed by atoms with Crippen LogP contribution in [0.15, 0.2) is 48.7 Å². The smallest absolute Gasteiger partial charge is 0.254 e. The number of benzene rings is 4. The van der Waals surface area contributed by atoms with Gasteiger partial charge in [-0.3, -0.25) is 9.59 Å². The van der Waals surface area contributed by atoms with Gasteiger partial charge in [-0.15, -0.1) is 0 Å². The van der Waals surface area contributed by atoms with Gasteiger partial charge in [0, 0.05) is 58.7 Å². The Kier molecular flexibility index (Phi) is 10.3. The third kappa shape index (κ3) is 6.35. The second kappa shape index (κ2) is 16.4. The number of Topliss-reactive ketones (excluding diaryl/α,β-unsaturated/α-hetero) is 1. The van der Waals surface area contributed by atoms with Gasteiger partial charge in [0.15, 0.2) is 17.5 Å². The number of methoxy groups -OCH3 is 1. The zero-order chi connectivity index (χ0) is 47.7. The number of carbonyl (C=O) groups is 2. The van der Waals surface area contributed by atoms with Crippen LogP contribution in [0, 0.1) is 17.9 Å². The van der Waals surface area contributed by atoms with Crippen LogP contribution in [-0.2, 0) is 40.0 Å². The number of allylic oxidation sites excluding steroid dienone is 2. The van der Waals surface area contributed by atoms with Crippen LogP contribution in [0.5, 0.6) is 17.2 Å². The first-order valence-corrected chi connectivity index (χ1v) is 24.7. The molecule has 1 amide bonds. The Hall–Kier alpha value is -6.18. The Bertz CT molecular complexity index is 3210. The van der Waals surface area contributed by atoms with Crippen molar-refractivity contribution in [2.45, 2.75) is 112 Å². The van der Waals surface area contributed by atoms with Crippen molar-refractivity contribution in [3.63, 3.8) is 0 Å². The molecule has 0 spiro atoms. The Labute approximate surface area is 403 Å². The monoisotopic (exact) mass is 946 g/mol. The number of hydrogen-bond acceptors (Lipinski definition) is 12. The molecule has 14 heteroatoms. The van der Waals surface area contributed by atoms with E-state index < -0.39 is 48.7 Å². The minimum atomic E-state index is -2.46. The van der Waals surface area contributed by atoms with Crippen LogP contribution in [0.1, 0.15) is 127 Å². The average Bonchev–Trinajstić information content (AvgIpc) is 4.17. The van der Waals surface area contributed by atoms with Crippen molar-refractivity contribution >= 4 is 45.0 Å². The molecular formula is C56H54N2O12. The van der Waals surface area contributed by atoms with Crippen molar-refractivity contribution in [2.24, 2.45) is 5.92 Å². The number of nitrogens with zero attached hydrogens (tertiary/aromatic N) is 1. The van der Waals surface area contributed by atoms with Gasteiger partial charge in [-0.05, 0) is 126 Å². The molecule has 6 N–H and O–H groups in total. The molecular weight excluding hydrogens is 893 g/mol. The number of amides is 1. The summed E-state index contributed by atoms with van der Waals surface area (Å²) in [6, 6.07) is 9.71. The van der Waals surface area contributed by atoms with E-state index in [2.05, 4.69) is 35.2 Å². The molecule has 8 bridgehead atoms. The number of rotatable bonds is 5. The number of carbonyl (C=O) groups excluding carboxylic acids is 2. The molecule has 1 saturated carbocycles. The second-order valence-electron chi connectivity index (χ2n) is 20.4. The van der Waals surface area contributed by atoms with E-state index in [0.29, 0.717) is 41.5 Å². The topological polar surface area (TPSA) is 200 Å². The van der Waals surface area contributed by atoms with E-state index >= 15 is 4.79 Å². The molecule has 5 aromatic rings. The molecule has 9 unspecified atom stereocenters. The molecule has 8 aliphatic rings. The van der Waals surface area contributed by atoms with Crippen molar-refractivity contribution in [1.82, 2.24) is 9.88 Å². The summed E-state index contributed by atoms with van der Waals surface area (Å²) in [5.41, 5.74) is 7.57. The molecule has 4 aliphatic heterocycles. The van der Waals surface area contributed by atoms with Gasteiger partial charge in [0.1, 0.15) is 41.7 Å². The molecule has 70 heavy (non-hydrogen) atoms. The summed E-state index contributed by atoms with van der Waals surface area (Å²) >= 11 is 0. The number of fused-ring (bicyclic) bond motifs is 9. The standard InChI is InChI=1S/C56H54N2O12/c1-66-51-34-13-12-31-19-29-6-3-8-32(29)45-44(31)46(34)48-50(63)47(45)41(61)24-58-23-39-27(5-2-9-33(39)54(58)64)7-4-18-67-53-49(62)43-25-68-42(15-14-35(51)52(48)70-55(69-43)56(53,65)26-60)38-22-57-40-20-30-11-10-28(16-17-59)36(30)21-37(38)40/h2,5,9,14-15,19-22,28-29,32,42-43,49,53,55,57,59-60,62-63,65H,3,6-8,10-13,16-17,23-26H2,1H3. The van der Waals surface area contributed by atoms with Gasteiger partial charge in [0.2, 0.25) is 6.29 Å². The molecule has 14 nitrogen and oxygen atoms in total. The lowest BCUT2D eigenvalue weighted by atomic mass is 9.69. The van der Waals surface area contributed by atoms with E-state index in [9.17, 15) is 30.3 Å². The van der Waals surface area contributed by atoms with Gasteiger partial charge in [-0.25, -0.2) is 0 Å². The highest BCUT2D eigenvalue weighted by atomic mass is 16.7. The Morgan fingerprint density at radius 1 is 1.00 bits per heavy atom. The number of phenolic OH excluding ortho intramolecular Hbond substituents is 1. The summed E-state index contributed by atoms with van der Waals surface area (Å²) < 4.78 is 32.9. The van der Waals surface area contributed by atoms with Crippen molar-refractivity contribution in [3.8, 4) is 29.3 Å². The molecule has 5 heterocycles. The molecule has 1 aromatic heterocycles. The van der Waals surface area contributed by atoms with Crippen molar-refractivity contribution in [3.05, 3.63) is 110 Å². The van der Waals surface area contributed by atoms with Crippen LogP contribution in [0.25, 0.3) is 33.3 Å². The summed E-state index contributed by atoms with van der Waals surface area (Å²) in [6.45, 7) is -1.28. The highest BCUT2D eigenvalue weighted by Gasteiger charge is 2.59. The molecule has 360 valence electrons. The van der Waals surface area contributed by atoms with Crippen LogP contribution in [0.2, 0.25) is 0 Å². The van der Waals surface area contributed by atoms with E-state index in [1.54, 1.807) is 25.3 Å². The fraction of sp³-hybridized carbons (Fsp3) is 0.429. The number of H-pyrrole nitrogens is 1. The van der Waals surface area contributed by atoms with Crippen LogP contribution in [0.3, 0.4) is 0 Å². The third-order valence-electron chi connectivity index (χ3n) is 16.8. The van der Waals surface area contributed by atoms with E-state index in [-0.39, 0.29) is 78.8 Å². The minimum Gasteiger partial charge on any atom is -0.506 e. The Morgan fingerprint density at radius 2 is 1.89 bits per heavy atom. The van der Waals surface area contributed by atoms with Crippen LogP contribution in [0.4, 0.5) is 0 Å². The van der Waals surface area contributed by atoms with Gasteiger partial charge in [-0.1, -0.05) is 36.6 Å². The number of aromatic nitrogens is 1. The van der Waals surface area contributed by atoms with E-state index in [0.717, 1.165) is 82.0 Å². The Morgan fingerprint density at radius 3 is 2.73 bits per heavy atom. The quantitative estimate of drug-likeness (QED) is 0.106. The van der Waals surface area contributed by atoms with Gasteiger partial charge in [-0.2, -0.15) is 0 Å². The van der Waals surface area contributed by atoms with E-state index in [1.807, 2.05) is 18.3 Å². The predicted molar refractivity (Wildman–Crippen MR) is 257 cm³/mol. The summed E-state index contributed by atoms with van der Waals surface area (Å²) in [6.07, 6.45) is 10.1. The summed E-state index contributed by atoms with van der Waals surface area (Å²) in [5, 5.41) is 61.1. The number of aromatic hydroxyl groups is 1. The SMILES string of the molecule is COc1c2c3c4c(O)c(c5c6c4c1CCC6=CC1CCCC51)C(=O)CN1Cc4c(cccc4C1=O)CC#COC1C(O)C(COC(c4c[nH]c5cc6c(cc45)C(CCO)CC6)C=C2)OC(O3)C1(O)CO. The molecule has 9 atom stereocenters. The number of ether oxygens (including phenoxy) is 5. The molecule has 2 fully saturated rings. The van der Waals surface area contributed by atoms with Gasteiger partial charge < -0.3 is 59.1 Å². The number of aliphatic hydroxyl groups is 4. The number of nitrogens with one attached hydrogen (secondary N) is 1. The lowest BCUT2D eigenvalue weighted by Gasteiger charge is -2.47. The van der Waals surface area contributed by atoms with Crippen LogP contribution in [-0.4, -0.2) is 111 Å². The summed E-state index contributed by atoms with van der Waals surface area (Å²) in [7, 11) is 1.58. The first-order valence-electron chi connectivity index (χ1n) is 24.7. The fourth-order valence-corrected chi connectivity index (χ4v) is 13.5. The average molecular weight is 947 g/mol. The maximum absolute atomic E-state index is 15.4. The number of hydrogen-bond donors (Lipinski definition) is 6. The van der Waals surface area contributed by atoms with Gasteiger partial charge >= 0.3 is 0 Å².